The Morgan fingerprint density at radius 1 is 0.864 bits per heavy atom. The van der Waals surface area contributed by atoms with Crippen molar-refractivity contribution in [2.45, 2.75) is 216 Å². The average Bonchev–Trinajstić information content (AvgIpc) is 1.47. The SMILES string of the molecule is CCC1CCC2C(C1)C1C=CC(=O)C3(Cc4ccc(O)c(OC)c4)CCCC3CC#CNC(=NC)Nc3cc(cc4c3OC#CCC3CC(CNC)(CC35CCC3CC6CCC(CO)C6OC3(O)C5)O4)C13CCC1(CCC4(CCCC4)C1)C3C2CCCO. The quantitative estimate of drug-likeness (QED) is 0.112. The number of benzene rings is 2. The molecule has 4 bridgehead atoms. The molecule has 476 valence electrons. The highest BCUT2D eigenvalue weighted by Gasteiger charge is 2.71. The largest absolute Gasteiger partial charge is 0.504 e. The normalized spacial score (nSPS) is 42.2. The lowest BCUT2D eigenvalue weighted by molar-refractivity contribution is -0.328. The van der Waals surface area contributed by atoms with Crippen molar-refractivity contribution in [2.24, 2.45) is 91.7 Å². The van der Waals surface area contributed by atoms with Gasteiger partial charge in [-0.25, -0.2) is 0 Å². The minimum atomic E-state index is -1.30. The van der Waals surface area contributed by atoms with Gasteiger partial charge in [-0.3, -0.25) is 15.1 Å². The first kappa shape index (κ1) is 60.8. The Bertz CT molecular complexity index is 3150. The molecule has 1 saturated heterocycles. The predicted octanol–water partition coefficient (Wildman–Crippen LogP) is 12.5. The second-order valence-corrected chi connectivity index (χ2v) is 31.3. The molecular formula is C75H102N4O9. The van der Waals surface area contributed by atoms with Gasteiger partial charge in [0, 0.05) is 74.8 Å². The number of nitrogens with zero attached hydrogens (tertiary/aromatic N) is 1. The number of hydrogen-bond donors (Lipinski definition) is 7. The van der Waals surface area contributed by atoms with Crippen LogP contribution in [0.1, 0.15) is 198 Å². The van der Waals surface area contributed by atoms with Crippen LogP contribution < -0.4 is 30.2 Å². The molecule has 7 N–H and O–H groups in total. The first-order valence-electron chi connectivity index (χ1n) is 35.1. The summed E-state index contributed by atoms with van der Waals surface area (Å²) in [4.78, 5) is 21.1. The molecule has 0 aromatic heterocycles. The number of phenols is 1. The van der Waals surface area contributed by atoms with Crippen molar-refractivity contribution in [1.82, 2.24) is 10.6 Å². The molecule has 14 rings (SSSR count). The summed E-state index contributed by atoms with van der Waals surface area (Å²) in [7, 11) is 5.40. The maximum Gasteiger partial charge on any atom is 0.207 e. The molecule has 18 atom stereocenters. The number of ketones is 1. The van der Waals surface area contributed by atoms with Gasteiger partial charge >= 0.3 is 0 Å². The van der Waals surface area contributed by atoms with Gasteiger partial charge in [0.1, 0.15) is 11.7 Å². The number of hydrogen-bond acceptors (Lipinski definition) is 11. The number of likely N-dealkylation sites (N-methyl/N-ethyl adjacent to an activating group) is 1. The highest BCUT2D eigenvalue weighted by atomic mass is 16.6. The maximum atomic E-state index is 16.3. The average molecular weight is 1200 g/mol. The summed E-state index contributed by atoms with van der Waals surface area (Å²) in [6.45, 7) is 3.23. The van der Waals surface area contributed by atoms with E-state index in [1.54, 1.807) is 20.2 Å². The number of phenolic OH excluding ortho intramolecular Hbond substituents is 1. The third-order valence-electron chi connectivity index (χ3n) is 27.3. The lowest BCUT2D eigenvalue weighted by atomic mass is 9.42. The van der Waals surface area contributed by atoms with Crippen LogP contribution in [0.2, 0.25) is 0 Å². The standard InChI is InChI=1S/C75H102N4O9/c1-5-48-16-20-56-57(15-10-34-80)67-70(30-29-69(44-70)25-6-7-26-69)31-32-74(67)55-39-60(79-68(77-3)78-33-9-13-52-12-8-27-73(52,64(83)23-21-59(74)58(56)36-48)41-49-17-22-61(82)62(37-49)85-4)66-63(40-55)87-72(47-76-2)42-54(14-11-35-86-66)71(45-72)28-24-53-38-50-18-19-51(43-81)65(50)88-75(53,84)46-71/h17,21-23,37,39-40,48,50-54,56-59,65,67,76,80-82,84H,5-8,10,12-16,18-20,24-32,34,36,38,41-47H2,1-4H3,(H2,77,78,79). The number of aromatic hydroxyl groups is 1. The van der Waals surface area contributed by atoms with Crippen molar-refractivity contribution in [2.75, 3.05) is 46.3 Å². The molecule has 2 aromatic carbocycles. The zero-order valence-corrected chi connectivity index (χ0v) is 53.4. The molecule has 10 fully saturated rings. The maximum absolute atomic E-state index is 16.3. The first-order chi connectivity index (χ1) is 42.7. The molecule has 13 nitrogen and oxygen atoms in total. The summed E-state index contributed by atoms with van der Waals surface area (Å²) in [6.07, 6.45) is 36.1. The van der Waals surface area contributed by atoms with Crippen molar-refractivity contribution >= 4 is 17.4 Å². The summed E-state index contributed by atoms with van der Waals surface area (Å²) in [5.74, 6) is 10.7. The number of anilines is 1. The van der Waals surface area contributed by atoms with Crippen LogP contribution in [-0.4, -0.2) is 90.6 Å². The van der Waals surface area contributed by atoms with Crippen molar-refractivity contribution in [3.63, 3.8) is 0 Å². The van der Waals surface area contributed by atoms with Gasteiger partial charge in [-0.1, -0.05) is 63.0 Å². The van der Waals surface area contributed by atoms with Crippen LogP contribution >= 0.6 is 0 Å². The Kier molecular flexibility index (Phi) is 16.4. The monoisotopic (exact) mass is 1200 g/mol. The Hall–Kier alpha value is -4.76. The highest BCUT2D eigenvalue weighted by Crippen LogP contribution is 2.77. The number of allylic oxidation sites excluding steroid dienone is 2. The molecule has 13 heteroatoms. The lowest BCUT2D eigenvalue weighted by Crippen LogP contribution is -2.58. The van der Waals surface area contributed by atoms with Gasteiger partial charge < -0.3 is 50.0 Å². The molecule has 9 saturated carbocycles. The number of carbonyl (C=O) groups is 1. The number of aliphatic hydroxyl groups excluding tert-OH is 2. The minimum Gasteiger partial charge on any atom is -0.504 e. The van der Waals surface area contributed by atoms with Crippen LogP contribution in [0.15, 0.2) is 47.5 Å². The van der Waals surface area contributed by atoms with Crippen LogP contribution in [0.3, 0.4) is 0 Å². The summed E-state index contributed by atoms with van der Waals surface area (Å²) < 4.78 is 27.6. The van der Waals surface area contributed by atoms with E-state index in [-0.39, 0.29) is 77.2 Å². The molecule has 2 aromatic rings. The second kappa shape index (κ2) is 23.7. The molecule has 4 spiro atoms. The van der Waals surface area contributed by atoms with Gasteiger partial charge in [0.25, 0.3) is 0 Å². The van der Waals surface area contributed by atoms with Gasteiger partial charge in [-0.15, -0.1) is 0 Å². The van der Waals surface area contributed by atoms with Gasteiger partial charge in [0.15, 0.2) is 28.8 Å². The van der Waals surface area contributed by atoms with Crippen molar-refractivity contribution in [1.29, 1.82) is 0 Å². The number of rotatable bonds is 10. The van der Waals surface area contributed by atoms with Gasteiger partial charge in [-0.05, 0) is 253 Å². The van der Waals surface area contributed by atoms with E-state index in [9.17, 15) is 20.4 Å². The number of methoxy groups -OCH3 is 1. The topological polar surface area (TPSA) is 183 Å². The molecule has 88 heavy (non-hydrogen) atoms. The van der Waals surface area contributed by atoms with E-state index in [4.69, 9.17) is 23.9 Å². The molecular weight excluding hydrogens is 1100 g/mol. The predicted molar refractivity (Wildman–Crippen MR) is 341 cm³/mol. The minimum absolute atomic E-state index is 0.00413. The summed E-state index contributed by atoms with van der Waals surface area (Å²) in [5.41, 5.74) is 1.17. The molecule has 18 unspecified atom stereocenters. The Morgan fingerprint density at radius 3 is 2.52 bits per heavy atom. The van der Waals surface area contributed by atoms with Crippen molar-refractivity contribution in [3.8, 4) is 47.0 Å². The number of aliphatic imine (C=N–C) groups is 1. The third-order valence-corrected chi connectivity index (χ3v) is 27.3. The summed E-state index contributed by atoms with van der Waals surface area (Å²) in [5, 5.41) is 56.2. The number of ether oxygens (including phenoxy) is 4. The van der Waals surface area contributed by atoms with E-state index in [1.807, 2.05) is 19.2 Å². The van der Waals surface area contributed by atoms with Crippen LogP contribution in [0.5, 0.6) is 23.0 Å². The molecule has 0 radical (unpaired) electrons. The Labute approximate surface area is 524 Å². The van der Waals surface area contributed by atoms with E-state index < -0.39 is 22.2 Å². The highest BCUT2D eigenvalue weighted by molar-refractivity contribution is 5.97. The van der Waals surface area contributed by atoms with Gasteiger partial charge in [-0.2, -0.15) is 0 Å². The van der Waals surface area contributed by atoms with E-state index in [0.717, 1.165) is 108 Å². The molecule has 3 aliphatic heterocycles. The number of aliphatic hydroxyl groups is 3. The second-order valence-electron chi connectivity index (χ2n) is 31.3. The van der Waals surface area contributed by atoms with E-state index in [0.29, 0.717) is 96.9 Å². The number of carbonyl (C=O) groups excluding carboxylic acids is 1. The summed E-state index contributed by atoms with van der Waals surface area (Å²) in [6, 6.07) is 13.7. The number of nitrogens with one attached hydrogen (secondary N) is 3. The molecule has 3 heterocycles. The van der Waals surface area contributed by atoms with Crippen LogP contribution in [0.25, 0.3) is 0 Å². The van der Waals surface area contributed by atoms with Gasteiger partial charge in [0.05, 0.1) is 18.9 Å². The summed E-state index contributed by atoms with van der Waals surface area (Å²) >= 11 is 0. The van der Waals surface area contributed by atoms with Crippen LogP contribution in [0.4, 0.5) is 5.69 Å². The van der Waals surface area contributed by atoms with Crippen LogP contribution in [0, 0.1) is 111 Å². The number of guanidine groups is 1. The fraction of sp³-hybridized carbons (Fsp3) is 0.733. The zero-order chi connectivity index (χ0) is 60.7. The van der Waals surface area contributed by atoms with E-state index in [2.05, 4.69) is 71.2 Å². The Balaban J connectivity index is 0.959. The van der Waals surface area contributed by atoms with Crippen molar-refractivity contribution in [3.05, 3.63) is 53.6 Å². The molecule has 0 amide bonds. The fourth-order valence-corrected chi connectivity index (χ4v) is 23.7. The Morgan fingerprint density at radius 2 is 1.72 bits per heavy atom. The third kappa shape index (κ3) is 10.1. The van der Waals surface area contributed by atoms with Crippen molar-refractivity contribution < 1.29 is 44.2 Å². The molecule has 9 aliphatic carbocycles. The lowest BCUT2D eigenvalue weighted by Gasteiger charge is -2.62. The number of fused-ring (bicyclic) bond motifs is 13. The fourth-order valence-electron chi connectivity index (χ4n) is 23.7. The van der Waals surface area contributed by atoms with E-state index in [1.165, 1.54) is 63.4 Å². The van der Waals surface area contributed by atoms with Gasteiger partial charge in [0.2, 0.25) is 11.7 Å². The first-order valence-corrected chi connectivity index (χ1v) is 35.1. The molecule has 12 aliphatic rings. The van der Waals surface area contributed by atoms with Crippen LogP contribution in [-0.2, 0) is 21.4 Å². The zero-order valence-electron chi connectivity index (χ0n) is 53.4. The smallest absolute Gasteiger partial charge is 0.207 e. The van der Waals surface area contributed by atoms with E-state index >= 15 is 4.79 Å².